The molecule has 2 rings (SSSR count). The summed E-state index contributed by atoms with van der Waals surface area (Å²) in [6.45, 7) is 0. The van der Waals surface area contributed by atoms with Crippen LogP contribution in [0.3, 0.4) is 0 Å². The summed E-state index contributed by atoms with van der Waals surface area (Å²) in [4.78, 5) is 0. The topological polar surface area (TPSA) is 36.9 Å². The monoisotopic (exact) mass is 197 g/mol. The largest absolute Gasteiger partial charge is 0.464 e. The molecule has 1 aromatic heterocycles. The fourth-order valence-corrected chi connectivity index (χ4v) is 1.48. The lowest BCUT2D eigenvalue weighted by Gasteiger charge is -1.88. The molecular formula is C13H11NO. The molecule has 2 nitrogen and oxygen atoms in total. The van der Waals surface area contributed by atoms with Crippen LogP contribution in [0, 0.1) is 11.3 Å². The quantitative estimate of drug-likeness (QED) is 0.702. The van der Waals surface area contributed by atoms with E-state index >= 15 is 0 Å². The van der Waals surface area contributed by atoms with Gasteiger partial charge in [0.25, 0.3) is 0 Å². The molecule has 0 saturated carbocycles. The van der Waals surface area contributed by atoms with E-state index in [1.54, 1.807) is 6.26 Å². The molecule has 0 radical (unpaired) electrons. The Kier molecular flexibility index (Phi) is 2.85. The van der Waals surface area contributed by atoms with Crippen LogP contribution in [-0.2, 0) is 0 Å². The molecule has 0 fully saturated rings. The first-order chi connectivity index (χ1) is 7.42. The maximum absolute atomic E-state index is 8.39. The van der Waals surface area contributed by atoms with E-state index in [1.807, 2.05) is 36.4 Å². The molecule has 0 atom stereocenters. The predicted octanol–water partition coefficient (Wildman–Crippen LogP) is 3.75. The highest BCUT2D eigenvalue weighted by atomic mass is 16.3. The van der Waals surface area contributed by atoms with Crippen LogP contribution in [0.15, 0.2) is 41.0 Å². The van der Waals surface area contributed by atoms with Crippen molar-refractivity contribution in [1.29, 1.82) is 5.26 Å². The Labute approximate surface area is 88.4 Å². The Morgan fingerprint density at radius 2 is 2.20 bits per heavy atom. The summed E-state index contributed by atoms with van der Waals surface area (Å²) in [5, 5.41) is 10.6. The molecule has 1 heterocycles. The number of nitrogens with zero attached hydrogens (tertiary/aromatic N) is 1. The van der Waals surface area contributed by atoms with Crippen molar-refractivity contribution in [3.8, 4) is 6.07 Å². The number of rotatable bonds is 3. The number of hydrogen-bond donors (Lipinski definition) is 0. The number of benzene rings is 1. The maximum Gasteiger partial charge on any atom is 0.134 e. The highest BCUT2D eigenvalue weighted by molar-refractivity contribution is 5.88. The highest BCUT2D eigenvalue weighted by Crippen LogP contribution is 2.21. The lowest BCUT2D eigenvalue weighted by molar-refractivity contribution is 0.562. The van der Waals surface area contributed by atoms with Crippen LogP contribution in [0.5, 0.6) is 0 Å². The molecule has 0 saturated heterocycles. The Bertz CT molecular complexity index is 517. The molecule has 1 aromatic carbocycles. The molecular weight excluding hydrogens is 186 g/mol. The van der Waals surface area contributed by atoms with Crippen molar-refractivity contribution >= 4 is 16.8 Å². The van der Waals surface area contributed by atoms with Crippen molar-refractivity contribution in [2.75, 3.05) is 0 Å². The summed E-state index contributed by atoms with van der Waals surface area (Å²) < 4.78 is 5.43. The molecule has 0 bridgehead atoms. The second-order valence-electron chi connectivity index (χ2n) is 3.29. The maximum atomic E-state index is 8.39. The van der Waals surface area contributed by atoms with Crippen LogP contribution in [0.25, 0.3) is 16.8 Å². The molecule has 0 unspecified atom stereocenters. The first-order valence-electron chi connectivity index (χ1n) is 4.91. The summed E-state index contributed by atoms with van der Waals surface area (Å²) >= 11 is 0. The van der Waals surface area contributed by atoms with Gasteiger partial charge in [0, 0.05) is 17.2 Å². The van der Waals surface area contributed by atoms with Gasteiger partial charge < -0.3 is 4.42 Å². The number of furan rings is 1. The van der Waals surface area contributed by atoms with Crippen LogP contribution in [0.4, 0.5) is 0 Å². The minimum atomic E-state index is 0.551. The smallest absolute Gasteiger partial charge is 0.134 e. The van der Waals surface area contributed by atoms with Gasteiger partial charge in [-0.15, -0.1) is 0 Å². The minimum Gasteiger partial charge on any atom is -0.464 e. The summed E-state index contributed by atoms with van der Waals surface area (Å²) in [6, 6.07) is 10.1. The first-order valence-corrected chi connectivity index (χ1v) is 4.91. The molecule has 2 heteroatoms. The second-order valence-corrected chi connectivity index (χ2v) is 3.29. The third kappa shape index (κ3) is 2.08. The molecule has 0 amide bonds. The Balaban J connectivity index is 2.22. The van der Waals surface area contributed by atoms with E-state index < -0.39 is 0 Å². The first kappa shape index (κ1) is 9.54. The van der Waals surface area contributed by atoms with E-state index in [9.17, 15) is 0 Å². The predicted molar refractivity (Wildman–Crippen MR) is 60.1 cm³/mol. The van der Waals surface area contributed by atoms with Gasteiger partial charge in [0.2, 0.25) is 0 Å². The van der Waals surface area contributed by atoms with Crippen LogP contribution >= 0.6 is 0 Å². The van der Waals surface area contributed by atoms with Crippen molar-refractivity contribution in [2.45, 2.75) is 12.8 Å². The average molecular weight is 197 g/mol. The summed E-state index contributed by atoms with van der Waals surface area (Å²) in [6.07, 6.45) is 6.97. The van der Waals surface area contributed by atoms with Crippen LogP contribution in [0.1, 0.15) is 18.6 Å². The van der Waals surface area contributed by atoms with E-state index in [-0.39, 0.29) is 0 Å². The number of unbranched alkanes of at least 4 members (excludes halogenated alkanes) is 1. The van der Waals surface area contributed by atoms with Crippen molar-refractivity contribution in [3.63, 3.8) is 0 Å². The molecule has 0 spiro atoms. The van der Waals surface area contributed by atoms with E-state index in [0.29, 0.717) is 6.42 Å². The zero-order chi connectivity index (χ0) is 10.5. The summed E-state index contributed by atoms with van der Waals surface area (Å²) in [5.41, 5.74) is 0. The van der Waals surface area contributed by atoms with Gasteiger partial charge >= 0.3 is 0 Å². The molecule has 0 aliphatic rings. The van der Waals surface area contributed by atoms with Crippen LogP contribution in [-0.4, -0.2) is 0 Å². The van der Waals surface area contributed by atoms with Crippen molar-refractivity contribution < 1.29 is 4.42 Å². The standard InChI is InChI=1S/C13H11NO/c14-9-5-1-2-8-13-12-7-4-3-6-11(12)10-15-13/h2-4,6-8,10H,1,5H2. The summed E-state index contributed by atoms with van der Waals surface area (Å²) in [5.74, 6) is 0.864. The lowest BCUT2D eigenvalue weighted by atomic mass is 10.2. The number of fused-ring (bicyclic) bond motifs is 1. The molecule has 0 aliphatic heterocycles. The molecule has 74 valence electrons. The fraction of sp³-hybridized carbons (Fsp3) is 0.154. The van der Waals surface area contributed by atoms with E-state index in [1.165, 1.54) is 0 Å². The molecule has 2 aromatic rings. The normalized spacial score (nSPS) is 10.9. The highest BCUT2D eigenvalue weighted by Gasteiger charge is 2.00. The molecule has 15 heavy (non-hydrogen) atoms. The Morgan fingerprint density at radius 1 is 1.33 bits per heavy atom. The van der Waals surface area contributed by atoms with Gasteiger partial charge in [-0.1, -0.05) is 30.3 Å². The molecule has 0 N–H and O–H groups in total. The van der Waals surface area contributed by atoms with Gasteiger partial charge in [-0.25, -0.2) is 0 Å². The van der Waals surface area contributed by atoms with Crippen molar-refractivity contribution in [1.82, 2.24) is 0 Å². The van der Waals surface area contributed by atoms with E-state index in [2.05, 4.69) is 6.07 Å². The van der Waals surface area contributed by atoms with Gasteiger partial charge in [0.15, 0.2) is 0 Å². The second kappa shape index (κ2) is 4.47. The minimum absolute atomic E-state index is 0.551. The average Bonchev–Trinajstić information content (AvgIpc) is 2.68. The third-order valence-corrected chi connectivity index (χ3v) is 2.23. The zero-order valence-electron chi connectivity index (χ0n) is 8.31. The zero-order valence-corrected chi connectivity index (χ0v) is 8.31. The van der Waals surface area contributed by atoms with Gasteiger partial charge in [0.1, 0.15) is 5.76 Å². The number of nitriles is 1. The van der Waals surface area contributed by atoms with Gasteiger partial charge in [0.05, 0.1) is 12.3 Å². The van der Waals surface area contributed by atoms with Crippen molar-refractivity contribution in [3.05, 3.63) is 42.4 Å². The Morgan fingerprint density at radius 3 is 3.07 bits per heavy atom. The van der Waals surface area contributed by atoms with E-state index in [4.69, 9.17) is 9.68 Å². The van der Waals surface area contributed by atoms with Gasteiger partial charge in [-0.05, 0) is 12.5 Å². The number of allylic oxidation sites excluding steroid dienone is 1. The fourth-order valence-electron chi connectivity index (χ4n) is 1.48. The van der Waals surface area contributed by atoms with Crippen LogP contribution < -0.4 is 0 Å². The van der Waals surface area contributed by atoms with Gasteiger partial charge in [-0.3, -0.25) is 0 Å². The van der Waals surface area contributed by atoms with Crippen LogP contribution in [0.2, 0.25) is 0 Å². The Hall–Kier alpha value is -2.01. The van der Waals surface area contributed by atoms with Crippen molar-refractivity contribution in [2.24, 2.45) is 0 Å². The molecule has 0 aliphatic carbocycles. The van der Waals surface area contributed by atoms with E-state index in [0.717, 1.165) is 23.0 Å². The SMILES string of the molecule is N#CCCC=Cc1occ2ccccc12. The summed E-state index contributed by atoms with van der Waals surface area (Å²) in [7, 11) is 0. The number of hydrogen-bond acceptors (Lipinski definition) is 2. The third-order valence-electron chi connectivity index (χ3n) is 2.23. The van der Waals surface area contributed by atoms with Gasteiger partial charge in [-0.2, -0.15) is 5.26 Å². The lowest BCUT2D eigenvalue weighted by Crippen LogP contribution is -1.68.